The highest BCUT2D eigenvalue weighted by Crippen LogP contribution is 2.19. The van der Waals surface area contributed by atoms with E-state index in [2.05, 4.69) is 18.8 Å². The predicted octanol–water partition coefficient (Wildman–Crippen LogP) is 5.42. The Bertz CT molecular complexity index is 582. The zero-order valence-corrected chi connectivity index (χ0v) is 11.8. The summed E-state index contributed by atoms with van der Waals surface area (Å²) in [7, 11) is 0. The van der Waals surface area contributed by atoms with E-state index in [1.165, 1.54) is 31.4 Å². The zero-order valence-electron chi connectivity index (χ0n) is 11.8. The number of halogens is 1. The van der Waals surface area contributed by atoms with Crippen LogP contribution in [0.4, 0.5) is 4.39 Å². The maximum Gasteiger partial charge on any atom is 0.123 e. The third-order valence-corrected chi connectivity index (χ3v) is 3.20. The van der Waals surface area contributed by atoms with Gasteiger partial charge in [0.25, 0.3) is 0 Å². The monoisotopic (exact) mass is 266 g/mol. The lowest BCUT2D eigenvalue weighted by atomic mass is 10.0. The third kappa shape index (κ3) is 4.24. The van der Waals surface area contributed by atoms with Crippen molar-refractivity contribution in [2.24, 2.45) is 0 Å². The quantitative estimate of drug-likeness (QED) is 0.511. The van der Waals surface area contributed by atoms with Crippen LogP contribution in [0.3, 0.4) is 0 Å². The molecule has 1 heteroatoms. The van der Waals surface area contributed by atoms with E-state index in [9.17, 15) is 4.39 Å². The first-order chi connectivity index (χ1) is 9.79. The third-order valence-electron chi connectivity index (χ3n) is 3.20. The smallest absolute Gasteiger partial charge is 0.123 e. The van der Waals surface area contributed by atoms with Gasteiger partial charge in [0.2, 0.25) is 0 Å². The van der Waals surface area contributed by atoms with E-state index in [0.717, 1.165) is 23.1 Å². The second kappa shape index (κ2) is 7.50. The van der Waals surface area contributed by atoms with Crippen LogP contribution in [-0.2, 0) is 0 Å². The van der Waals surface area contributed by atoms with E-state index in [1.54, 1.807) is 12.1 Å². The van der Waals surface area contributed by atoms with Crippen LogP contribution in [-0.4, -0.2) is 0 Å². The van der Waals surface area contributed by atoms with E-state index in [1.807, 2.05) is 24.3 Å². The van der Waals surface area contributed by atoms with Crippen molar-refractivity contribution in [3.63, 3.8) is 0 Å². The summed E-state index contributed by atoms with van der Waals surface area (Å²) in [6.45, 7) is 2.20. The van der Waals surface area contributed by atoms with Crippen molar-refractivity contribution in [2.45, 2.75) is 32.6 Å². The van der Waals surface area contributed by atoms with Crippen LogP contribution >= 0.6 is 0 Å². The van der Waals surface area contributed by atoms with Crippen molar-refractivity contribution >= 4 is 0 Å². The summed E-state index contributed by atoms with van der Waals surface area (Å²) in [5, 5.41) is 0. The van der Waals surface area contributed by atoms with Crippen LogP contribution in [0.1, 0.15) is 38.2 Å². The molecule has 0 spiro atoms. The topological polar surface area (TPSA) is 0 Å². The van der Waals surface area contributed by atoms with Gasteiger partial charge in [0, 0.05) is 12.0 Å². The Balaban J connectivity index is 2.01. The van der Waals surface area contributed by atoms with Gasteiger partial charge in [-0.3, -0.25) is 0 Å². The van der Waals surface area contributed by atoms with Crippen LogP contribution in [0.5, 0.6) is 0 Å². The normalized spacial score (nSPS) is 9.90. The van der Waals surface area contributed by atoms with Gasteiger partial charge < -0.3 is 0 Å². The fraction of sp³-hybridized carbons (Fsp3) is 0.263. The molecule has 2 rings (SSSR count). The fourth-order valence-corrected chi connectivity index (χ4v) is 2.02. The molecule has 0 bridgehead atoms. The zero-order chi connectivity index (χ0) is 14.2. The van der Waals surface area contributed by atoms with Gasteiger partial charge in [0.05, 0.1) is 0 Å². The second-order valence-corrected chi connectivity index (χ2v) is 4.84. The first-order valence-corrected chi connectivity index (χ1v) is 7.14. The minimum atomic E-state index is -0.205. The van der Waals surface area contributed by atoms with E-state index >= 15 is 0 Å². The summed E-state index contributed by atoms with van der Waals surface area (Å²) < 4.78 is 12.9. The standard InChI is InChI=1S/C19H19F/c1-2-3-4-5-6-7-16-8-10-17(11-9-16)18-12-14-19(20)15-13-18/h8-15H,2-5H2,1H3. The number of unbranched alkanes of at least 4 members (excludes halogenated alkanes) is 3. The highest BCUT2D eigenvalue weighted by Gasteiger charge is 1.97. The van der Waals surface area contributed by atoms with Crippen molar-refractivity contribution in [3.8, 4) is 23.0 Å². The predicted molar refractivity (Wildman–Crippen MR) is 82.9 cm³/mol. The first kappa shape index (κ1) is 14.3. The summed E-state index contributed by atoms with van der Waals surface area (Å²) >= 11 is 0. The van der Waals surface area contributed by atoms with Crippen LogP contribution < -0.4 is 0 Å². The maximum absolute atomic E-state index is 12.9. The second-order valence-electron chi connectivity index (χ2n) is 4.84. The lowest BCUT2D eigenvalue weighted by Crippen LogP contribution is -1.80. The van der Waals surface area contributed by atoms with E-state index in [0.29, 0.717) is 0 Å². The van der Waals surface area contributed by atoms with Gasteiger partial charge in [-0.1, -0.05) is 55.9 Å². The molecule has 102 valence electrons. The summed E-state index contributed by atoms with van der Waals surface area (Å²) in [5.41, 5.74) is 3.14. The molecule has 0 atom stereocenters. The molecule has 20 heavy (non-hydrogen) atoms. The Labute approximate surface area is 120 Å². The van der Waals surface area contributed by atoms with Crippen molar-refractivity contribution in [2.75, 3.05) is 0 Å². The van der Waals surface area contributed by atoms with Crippen molar-refractivity contribution < 1.29 is 4.39 Å². The van der Waals surface area contributed by atoms with Crippen LogP contribution in [0.25, 0.3) is 11.1 Å². The summed E-state index contributed by atoms with van der Waals surface area (Å²) in [6, 6.07) is 14.7. The molecular weight excluding hydrogens is 247 g/mol. The molecule has 2 aromatic carbocycles. The van der Waals surface area contributed by atoms with Crippen molar-refractivity contribution in [1.82, 2.24) is 0 Å². The van der Waals surface area contributed by atoms with Gasteiger partial charge in [-0.05, 0) is 41.8 Å². The van der Waals surface area contributed by atoms with E-state index in [4.69, 9.17) is 0 Å². The lowest BCUT2D eigenvalue weighted by molar-refractivity contribution is 0.628. The fourth-order valence-electron chi connectivity index (χ4n) is 2.02. The number of benzene rings is 2. The molecule has 0 amide bonds. The Morgan fingerprint density at radius 1 is 0.850 bits per heavy atom. The molecule has 0 N–H and O–H groups in total. The van der Waals surface area contributed by atoms with Crippen LogP contribution in [0.15, 0.2) is 48.5 Å². The van der Waals surface area contributed by atoms with Crippen molar-refractivity contribution in [3.05, 3.63) is 59.9 Å². The molecule has 0 saturated carbocycles. The van der Waals surface area contributed by atoms with E-state index in [-0.39, 0.29) is 5.82 Å². The Morgan fingerprint density at radius 3 is 2.05 bits per heavy atom. The average Bonchev–Trinajstić information content (AvgIpc) is 2.49. The highest BCUT2D eigenvalue weighted by molar-refractivity contribution is 5.64. The van der Waals surface area contributed by atoms with Gasteiger partial charge in [0.1, 0.15) is 5.82 Å². The Hall–Kier alpha value is -2.07. The molecule has 0 aromatic heterocycles. The minimum Gasteiger partial charge on any atom is -0.207 e. The Kier molecular flexibility index (Phi) is 5.38. The molecule has 0 nitrogen and oxygen atoms in total. The number of rotatable bonds is 4. The highest BCUT2D eigenvalue weighted by atomic mass is 19.1. The molecule has 2 aromatic rings. The maximum atomic E-state index is 12.9. The summed E-state index contributed by atoms with van der Waals surface area (Å²) in [5.74, 6) is 6.18. The first-order valence-electron chi connectivity index (χ1n) is 7.14. The van der Waals surface area contributed by atoms with E-state index < -0.39 is 0 Å². The average molecular weight is 266 g/mol. The molecule has 0 radical (unpaired) electrons. The number of hydrogen-bond donors (Lipinski definition) is 0. The summed E-state index contributed by atoms with van der Waals surface area (Å²) in [6.07, 6.45) is 4.62. The van der Waals surface area contributed by atoms with Gasteiger partial charge in [-0.15, -0.1) is 0 Å². The van der Waals surface area contributed by atoms with Gasteiger partial charge in [-0.25, -0.2) is 4.39 Å². The molecule has 0 aliphatic rings. The Morgan fingerprint density at radius 2 is 1.45 bits per heavy atom. The van der Waals surface area contributed by atoms with Crippen LogP contribution in [0, 0.1) is 17.7 Å². The van der Waals surface area contributed by atoms with Crippen molar-refractivity contribution in [1.29, 1.82) is 0 Å². The molecule has 0 aliphatic carbocycles. The lowest BCUT2D eigenvalue weighted by Gasteiger charge is -2.01. The molecule has 0 fully saturated rings. The SMILES string of the molecule is CCCCCC#Cc1ccc(-c2ccc(F)cc2)cc1. The van der Waals surface area contributed by atoms with Gasteiger partial charge in [0.15, 0.2) is 0 Å². The molecule has 0 unspecified atom stereocenters. The summed E-state index contributed by atoms with van der Waals surface area (Å²) in [4.78, 5) is 0. The molecule has 0 aliphatic heterocycles. The van der Waals surface area contributed by atoms with Gasteiger partial charge >= 0.3 is 0 Å². The van der Waals surface area contributed by atoms with Gasteiger partial charge in [-0.2, -0.15) is 0 Å². The number of hydrogen-bond acceptors (Lipinski definition) is 0. The largest absolute Gasteiger partial charge is 0.207 e. The molecule has 0 saturated heterocycles. The van der Waals surface area contributed by atoms with Crippen LogP contribution in [0.2, 0.25) is 0 Å². The molecule has 0 heterocycles. The minimum absolute atomic E-state index is 0.205. The molecular formula is C19H19F.